The van der Waals surface area contributed by atoms with Crippen LogP contribution < -0.4 is 5.32 Å². The molecule has 5 aliphatic rings. The van der Waals surface area contributed by atoms with E-state index in [0.29, 0.717) is 43.9 Å². The molecule has 5 fully saturated rings. The molecular weight excluding hydrogens is 399 g/mol. The van der Waals surface area contributed by atoms with E-state index >= 15 is 0 Å². The van der Waals surface area contributed by atoms with Gasteiger partial charge in [0.15, 0.2) is 0 Å². The molecule has 5 rings (SSSR count). The van der Waals surface area contributed by atoms with Gasteiger partial charge in [-0.15, -0.1) is 0 Å². The number of carbonyl (C=O) groups is 3. The first-order valence-corrected chi connectivity index (χ1v) is 10.7. The summed E-state index contributed by atoms with van der Waals surface area (Å²) in [7, 11) is 0. The molecule has 0 spiro atoms. The largest absolute Gasteiger partial charge is 0.421 e. The van der Waals surface area contributed by atoms with Gasteiger partial charge >= 0.3 is 6.18 Å². The fourth-order valence-electron chi connectivity index (χ4n) is 6.37. The molecule has 0 atom stereocenters. The summed E-state index contributed by atoms with van der Waals surface area (Å²) in [5.41, 5.74) is -1.74. The van der Waals surface area contributed by atoms with Crippen molar-refractivity contribution < 1.29 is 27.6 Å². The molecule has 0 radical (unpaired) electrons. The van der Waals surface area contributed by atoms with Gasteiger partial charge in [0.2, 0.25) is 11.8 Å². The zero-order valence-corrected chi connectivity index (χ0v) is 17.0. The summed E-state index contributed by atoms with van der Waals surface area (Å²) in [6, 6.07) is 0. The molecule has 166 valence electrons. The quantitative estimate of drug-likeness (QED) is 0.699. The highest BCUT2D eigenvalue weighted by atomic mass is 19.4. The second-order valence-corrected chi connectivity index (χ2v) is 9.53. The molecule has 1 heterocycles. The van der Waals surface area contributed by atoms with Gasteiger partial charge in [-0.3, -0.25) is 14.4 Å². The average Bonchev–Trinajstić information content (AvgIpc) is 2.69. The number of amides is 3. The minimum atomic E-state index is -4.82. The van der Waals surface area contributed by atoms with E-state index < -0.39 is 30.1 Å². The van der Waals surface area contributed by atoms with Crippen molar-refractivity contribution in [2.24, 2.45) is 23.2 Å². The van der Waals surface area contributed by atoms with Crippen LogP contribution in [-0.4, -0.2) is 66.4 Å². The Morgan fingerprint density at radius 2 is 1.37 bits per heavy atom. The van der Waals surface area contributed by atoms with Crippen molar-refractivity contribution in [2.45, 2.75) is 44.7 Å². The molecule has 0 aromatic heterocycles. The van der Waals surface area contributed by atoms with Crippen molar-refractivity contribution >= 4 is 17.7 Å². The van der Waals surface area contributed by atoms with Crippen molar-refractivity contribution in [3.05, 3.63) is 12.2 Å². The third-order valence-corrected chi connectivity index (χ3v) is 7.43. The van der Waals surface area contributed by atoms with Crippen LogP contribution in [0.25, 0.3) is 0 Å². The minimum absolute atomic E-state index is 0.215. The summed E-state index contributed by atoms with van der Waals surface area (Å²) in [5, 5.41) is 1.98. The van der Waals surface area contributed by atoms with Crippen LogP contribution in [0.2, 0.25) is 0 Å². The summed E-state index contributed by atoms with van der Waals surface area (Å²) in [4.78, 5) is 40.4. The molecular formula is C21H28F3N3O3. The smallest absolute Gasteiger partial charge is 0.343 e. The maximum Gasteiger partial charge on any atom is 0.421 e. The Morgan fingerprint density at radius 1 is 0.900 bits per heavy atom. The first-order chi connectivity index (χ1) is 14.1. The van der Waals surface area contributed by atoms with Gasteiger partial charge in [-0.25, -0.2) is 0 Å². The Kier molecular flexibility index (Phi) is 5.34. The van der Waals surface area contributed by atoms with Gasteiger partial charge in [0.25, 0.3) is 5.91 Å². The number of nitrogens with one attached hydrogen (secondary N) is 1. The van der Waals surface area contributed by atoms with E-state index in [1.54, 1.807) is 0 Å². The molecule has 9 heteroatoms. The van der Waals surface area contributed by atoms with E-state index in [0.717, 1.165) is 19.3 Å². The van der Waals surface area contributed by atoms with Crippen LogP contribution in [0.5, 0.6) is 0 Å². The minimum Gasteiger partial charge on any atom is -0.343 e. The lowest BCUT2D eigenvalue weighted by Crippen LogP contribution is -2.59. The van der Waals surface area contributed by atoms with Gasteiger partial charge in [-0.05, 0) is 56.3 Å². The molecule has 1 saturated heterocycles. The Morgan fingerprint density at radius 3 is 1.83 bits per heavy atom. The molecule has 4 aliphatic carbocycles. The highest BCUT2D eigenvalue weighted by molar-refractivity contribution is 5.96. The SMILES string of the molecule is C=C(C(=O)NCC(=O)N1CCN(C(=O)C23CC4CC(CC(C4)C2)C3)CC1)C(F)(F)F. The normalized spacial score (nSPS) is 32.8. The summed E-state index contributed by atoms with van der Waals surface area (Å²) >= 11 is 0. The Bertz CT molecular complexity index is 721. The lowest BCUT2D eigenvalue weighted by atomic mass is 9.49. The molecule has 0 aromatic rings. The highest BCUT2D eigenvalue weighted by Gasteiger charge is 2.55. The Hall–Kier alpha value is -2.06. The second kappa shape index (κ2) is 7.57. The van der Waals surface area contributed by atoms with Crippen LogP contribution in [0.15, 0.2) is 12.2 Å². The molecule has 1 aliphatic heterocycles. The van der Waals surface area contributed by atoms with E-state index in [1.165, 1.54) is 24.2 Å². The monoisotopic (exact) mass is 427 g/mol. The van der Waals surface area contributed by atoms with E-state index in [-0.39, 0.29) is 11.3 Å². The van der Waals surface area contributed by atoms with E-state index in [2.05, 4.69) is 6.58 Å². The number of hydrogen-bond acceptors (Lipinski definition) is 3. The summed E-state index contributed by atoms with van der Waals surface area (Å²) < 4.78 is 37.4. The number of alkyl halides is 3. The standard InChI is InChI=1S/C21H28F3N3O3/c1-13(21(22,23)24)18(29)25-12-17(28)26-2-4-27(5-3-26)19(30)20-9-14-6-15(10-20)8-16(7-14)11-20/h14-16H,1-12H2,(H,25,29). The lowest BCUT2D eigenvalue weighted by Gasteiger charge is -2.57. The van der Waals surface area contributed by atoms with Crippen molar-refractivity contribution in [1.29, 1.82) is 0 Å². The van der Waals surface area contributed by atoms with Crippen molar-refractivity contribution in [2.75, 3.05) is 32.7 Å². The van der Waals surface area contributed by atoms with Gasteiger partial charge in [0.1, 0.15) is 5.57 Å². The van der Waals surface area contributed by atoms with Gasteiger partial charge < -0.3 is 15.1 Å². The van der Waals surface area contributed by atoms with Gasteiger partial charge in [-0.1, -0.05) is 6.58 Å². The molecule has 1 N–H and O–H groups in total. The molecule has 4 saturated carbocycles. The lowest BCUT2D eigenvalue weighted by molar-refractivity contribution is -0.160. The predicted molar refractivity (Wildman–Crippen MR) is 102 cm³/mol. The van der Waals surface area contributed by atoms with Crippen LogP contribution in [0, 0.1) is 23.2 Å². The summed E-state index contributed by atoms with van der Waals surface area (Å²) in [6.45, 7) is 3.70. The van der Waals surface area contributed by atoms with Gasteiger partial charge in [0, 0.05) is 26.2 Å². The van der Waals surface area contributed by atoms with Gasteiger partial charge in [0.05, 0.1) is 12.0 Å². The number of hydrogen-bond donors (Lipinski definition) is 1. The van der Waals surface area contributed by atoms with Crippen LogP contribution in [0.1, 0.15) is 38.5 Å². The van der Waals surface area contributed by atoms with Gasteiger partial charge in [-0.2, -0.15) is 13.2 Å². The Balaban J connectivity index is 1.27. The number of rotatable bonds is 4. The highest BCUT2D eigenvalue weighted by Crippen LogP contribution is 2.60. The molecule has 6 nitrogen and oxygen atoms in total. The molecule has 0 aromatic carbocycles. The Labute approximate surface area is 173 Å². The maximum absolute atomic E-state index is 13.4. The van der Waals surface area contributed by atoms with Crippen molar-refractivity contribution in [3.63, 3.8) is 0 Å². The van der Waals surface area contributed by atoms with Crippen molar-refractivity contribution in [3.8, 4) is 0 Å². The molecule has 3 amide bonds. The number of halogens is 3. The third kappa shape index (κ3) is 3.95. The molecule has 4 bridgehead atoms. The fraction of sp³-hybridized carbons (Fsp3) is 0.762. The first-order valence-electron chi connectivity index (χ1n) is 10.7. The first kappa shape index (κ1) is 21.2. The topological polar surface area (TPSA) is 69.7 Å². The molecule has 30 heavy (non-hydrogen) atoms. The molecule has 0 unspecified atom stereocenters. The average molecular weight is 427 g/mol. The predicted octanol–water partition coefficient (Wildman–Crippen LogP) is 2.11. The maximum atomic E-state index is 13.4. The van der Waals surface area contributed by atoms with E-state index in [1.807, 2.05) is 10.2 Å². The zero-order valence-electron chi connectivity index (χ0n) is 17.0. The van der Waals surface area contributed by atoms with Crippen LogP contribution in [0.3, 0.4) is 0 Å². The summed E-state index contributed by atoms with van der Waals surface area (Å²) in [6.07, 6.45) is 1.95. The fourth-order valence-corrected chi connectivity index (χ4v) is 6.37. The number of piperazine rings is 1. The van der Waals surface area contributed by atoms with Crippen LogP contribution in [-0.2, 0) is 14.4 Å². The second-order valence-electron chi connectivity index (χ2n) is 9.53. The van der Waals surface area contributed by atoms with E-state index in [9.17, 15) is 27.6 Å². The third-order valence-electron chi connectivity index (χ3n) is 7.43. The van der Waals surface area contributed by atoms with Crippen LogP contribution in [0.4, 0.5) is 13.2 Å². The number of carbonyl (C=O) groups excluding carboxylic acids is 3. The van der Waals surface area contributed by atoms with E-state index in [4.69, 9.17) is 0 Å². The zero-order chi connectivity index (χ0) is 21.7. The van der Waals surface area contributed by atoms with Crippen molar-refractivity contribution in [1.82, 2.24) is 15.1 Å². The van der Waals surface area contributed by atoms with Crippen LogP contribution >= 0.6 is 0 Å². The number of nitrogens with zero attached hydrogens (tertiary/aromatic N) is 2. The summed E-state index contributed by atoms with van der Waals surface area (Å²) in [5.74, 6) is 0.407.